The van der Waals surface area contributed by atoms with E-state index in [1.807, 2.05) is 0 Å². The van der Waals surface area contributed by atoms with E-state index in [2.05, 4.69) is 5.16 Å². The molecule has 0 amide bonds. The number of halogens is 6. The number of ether oxygens (including phenoxy) is 1. The molecule has 1 aliphatic carbocycles. The maximum absolute atomic E-state index is 13.8. The predicted octanol–water partition coefficient (Wildman–Crippen LogP) is 3.81. The lowest BCUT2D eigenvalue weighted by molar-refractivity contribution is -0.137. The van der Waals surface area contributed by atoms with Gasteiger partial charge in [0.25, 0.3) is 5.92 Å². The first-order valence-electron chi connectivity index (χ1n) is 6.25. The van der Waals surface area contributed by atoms with Gasteiger partial charge in [-0.15, -0.1) is 0 Å². The molecule has 0 aromatic heterocycles. The van der Waals surface area contributed by atoms with E-state index in [4.69, 9.17) is 9.94 Å². The second kappa shape index (κ2) is 5.69. The summed E-state index contributed by atoms with van der Waals surface area (Å²) in [5.74, 6) is -3.94. The number of benzene rings is 1. The lowest BCUT2D eigenvalue weighted by Gasteiger charge is -2.15. The molecule has 0 unspecified atom stereocenters. The van der Waals surface area contributed by atoms with Gasteiger partial charge in [-0.2, -0.15) is 22.0 Å². The molecule has 0 radical (unpaired) electrons. The fraction of sp³-hybridized carbons (Fsp3) is 0.462. The fourth-order valence-corrected chi connectivity index (χ4v) is 2.29. The summed E-state index contributed by atoms with van der Waals surface area (Å²) in [6.45, 7) is -0.867. The number of rotatable bonds is 4. The van der Waals surface area contributed by atoms with Crippen molar-refractivity contribution in [3.63, 3.8) is 0 Å². The van der Waals surface area contributed by atoms with Crippen LogP contribution in [0.15, 0.2) is 17.3 Å². The van der Waals surface area contributed by atoms with Gasteiger partial charge in [-0.25, -0.2) is 0 Å². The van der Waals surface area contributed by atoms with E-state index < -0.39 is 47.6 Å². The second-order valence-electron chi connectivity index (χ2n) is 4.68. The van der Waals surface area contributed by atoms with Gasteiger partial charge in [-0.1, -0.05) is 5.16 Å². The minimum Gasteiger partial charge on any atom is -0.493 e. The van der Waals surface area contributed by atoms with Gasteiger partial charge in [-0.3, -0.25) is 4.39 Å². The van der Waals surface area contributed by atoms with Crippen molar-refractivity contribution in [3.05, 3.63) is 28.8 Å². The van der Waals surface area contributed by atoms with Crippen molar-refractivity contribution in [2.75, 3.05) is 13.3 Å². The minimum atomic E-state index is -4.89. The molecule has 1 aromatic carbocycles. The van der Waals surface area contributed by atoms with Crippen molar-refractivity contribution in [1.82, 2.24) is 0 Å². The highest BCUT2D eigenvalue weighted by Crippen LogP contribution is 2.45. The molecule has 122 valence electrons. The zero-order valence-corrected chi connectivity index (χ0v) is 11.1. The van der Waals surface area contributed by atoms with Crippen LogP contribution in [0.1, 0.15) is 23.1 Å². The Balaban J connectivity index is 2.56. The van der Waals surface area contributed by atoms with Crippen LogP contribution in [0.4, 0.5) is 26.3 Å². The van der Waals surface area contributed by atoms with Crippen LogP contribution in [0.3, 0.4) is 0 Å². The van der Waals surface area contributed by atoms with E-state index >= 15 is 0 Å². The van der Waals surface area contributed by atoms with Crippen LogP contribution in [0.5, 0.6) is 5.75 Å². The van der Waals surface area contributed by atoms with E-state index in [0.29, 0.717) is 6.07 Å². The normalized spacial score (nSPS) is 18.5. The van der Waals surface area contributed by atoms with Gasteiger partial charge in [0.15, 0.2) is 5.71 Å². The number of alkyl halides is 6. The third kappa shape index (κ3) is 2.84. The van der Waals surface area contributed by atoms with E-state index in [0.717, 1.165) is 6.07 Å². The smallest absolute Gasteiger partial charge is 0.417 e. The van der Waals surface area contributed by atoms with Crippen LogP contribution in [-0.2, 0) is 12.6 Å². The molecule has 0 spiro atoms. The van der Waals surface area contributed by atoms with Crippen LogP contribution < -0.4 is 4.74 Å². The molecule has 0 bridgehead atoms. The third-order valence-electron chi connectivity index (χ3n) is 3.19. The first kappa shape index (κ1) is 16.4. The van der Waals surface area contributed by atoms with E-state index in [1.54, 1.807) is 0 Å². The maximum Gasteiger partial charge on any atom is 0.417 e. The molecule has 0 aliphatic heterocycles. The molecule has 0 fully saturated rings. The molecule has 2 rings (SSSR count). The van der Waals surface area contributed by atoms with E-state index in [1.165, 1.54) is 0 Å². The molecule has 1 aromatic rings. The monoisotopic (exact) mass is 327 g/mol. The van der Waals surface area contributed by atoms with Crippen molar-refractivity contribution >= 4 is 5.71 Å². The zero-order valence-electron chi connectivity index (χ0n) is 11.1. The minimum absolute atomic E-state index is 0.0207. The summed E-state index contributed by atoms with van der Waals surface area (Å²) >= 11 is 0. The Morgan fingerprint density at radius 3 is 2.50 bits per heavy atom. The van der Waals surface area contributed by atoms with Gasteiger partial charge >= 0.3 is 6.18 Å². The predicted molar refractivity (Wildman–Crippen MR) is 64.5 cm³/mol. The molecule has 0 atom stereocenters. The lowest BCUT2D eigenvalue weighted by Crippen LogP contribution is -2.26. The highest BCUT2D eigenvalue weighted by molar-refractivity contribution is 6.11. The molecular formula is C13H11F6NO2. The Hall–Kier alpha value is -1.93. The molecule has 0 heterocycles. The molecule has 0 saturated heterocycles. The summed E-state index contributed by atoms with van der Waals surface area (Å²) in [5, 5.41) is 11.0. The van der Waals surface area contributed by atoms with Crippen molar-refractivity contribution in [2.24, 2.45) is 5.16 Å². The van der Waals surface area contributed by atoms with Gasteiger partial charge in [0, 0.05) is 24.0 Å². The van der Waals surface area contributed by atoms with Crippen LogP contribution >= 0.6 is 0 Å². The van der Waals surface area contributed by atoms with Gasteiger partial charge in [-0.05, 0) is 12.1 Å². The highest BCUT2D eigenvalue weighted by atomic mass is 19.4. The molecule has 0 saturated carbocycles. The average Bonchev–Trinajstić information content (AvgIpc) is 2.68. The standard InChI is InChI=1S/C13H11F6NO2/c14-4-1-5-22-9-3-2-8(13(17,18)19)10-7(9)6-12(15,16)11(10)20-21/h2-3,21H,1,4-6H2/b20-11-. The number of nitrogens with zero attached hydrogens (tertiary/aromatic N) is 1. The summed E-state index contributed by atoms with van der Waals surface area (Å²) in [5.41, 5.74) is -3.94. The van der Waals surface area contributed by atoms with Crippen LogP contribution in [0.25, 0.3) is 0 Å². The topological polar surface area (TPSA) is 41.8 Å². The summed E-state index contributed by atoms with van der Waals surface area (Å²) in [4.78, 5) is 0. The number of fused-ring (bicyclic) bond motifs is 1. The van der Waals surface area contributed by atoms with Crippen LogP contribution in [0.2, 0.25) is 0 Å². The summed E-state index contributed by atoms with van der Waals surface area (Å²) in [6.07, 6.45) is -5.98. The van der Waals surface area contributed by atoms with Crippen molar-refractivity contribution in [2.45, 2.75) is 24.9 Å². The first-order valence-corrected chi connectivity index (χ1v) is 6.25. The molecule has 22 heavy (non-hydrogen) atoms. The molecule has 1 N–H and O–H groups in total. The first-order chi connectivity index (χ1) is 10.2. The highest BCUT2D eigenvalue weighted by Gasteiger charge is 2.51. The third-order valence-corrected chi connectivity index (χ3v) is 3.19. The molecule has 1 aliphatic rings. The summed E-state index contributed by atoms with van der Waals surface area (Å²) in [6, 6.07) is 1.49. The largest absolute Gasteiger partial charge is 0.493 e. The Kier molecular flexibility index (Phi) is 4.25. The molecule has 9 heteroatoms. The number of hydrogen-bond acceptors (Lipinski definition) is 3. The SMILES string of the molecule is O/N=C1/c2c(C(F)(F)F)ccc(OCCCF)c2CC1(F)F. The fourth-order valence-electron chi connectivity index (χ4n) is 2.29. The number of hydrogen-bond donors (Lipinski definition) is 1. The van der Waals surface area contributed by atoms with E-state index in [9.17, 15) is 26.3 Å². The second-order valence-corrected chi connectivity index (χ2v) is 4.68. The van der Waals surface area contributed by atoms with Gasteiger partial charge in [0.1, 0.15) is 5.75 Å². The van der Waals surface area contributed by atoms with Gasteiger partial charge in [0.2, 0.25) is 0 Å². The summed E-state index contributed by atoms with van der Waals surface area (Å²) < 4.78 is 83.5. The Labute approximate surface area is 121 Å². The Morgan fingerprint density at radius 2 is 1.95 bits per heavy atom. The zero-order chi connectivity index (χ0) is 16.5. The Bertz CT molecular complexity index is 597. The van der Waals surface area contributed by atoms with E-state index in [-0.39, 0.29) is 18.8 Å². The van der Waals surface area contributed by atoms with Gasteiger partial charge < -0.3 is 9.94 Å². The molecular weight excluding hydrogens is 316 g/mol. The molecule has 3 nitrogen and oxygen atoms in total. The van der Waals surface area contributed by atoms with Crippen molar-refractivity contribution in [3.8, 4) is 5.75 Å². The average molecular weight is 327 g/mol. The maximum atomic E-state index is 13.8. The summed E-state index contributed by atoms with van der Waals surface area (Å²) in [7, 11) is 0. The Morgan fingerprint density at radius 1 is 1.27 bits per heavy atom. The van der Waals surface area contributed by atoms with Crippen LogP contribution in [0, 0.1) is 0 Å². The van der Waals surface area contributed by atoms with Gasteiger partial charge in [0.05, 0.1) is 18.8 Å². The number of oxime groups is 1. The van der Waals surface area contributed by atoms with Crippen molar-refractivity contribution < 1.29 is 36.3 Å². The lowest BCUT2D eigenvalue weighted by atomic mass is 10.0. The van der Waals surface area contributed by atoms with Crippen molar-refractivity contribution in [1.29, 1.82) is 0 Å². The van der Waals surface area contributed by atoms with Crippen LogP contribution in [-0.4, -0.2) is 30.1 Å². The quantitative estimate of drug-likeness (QED) is 0.395.